The van der Waals surface area contributed by atoms with Crippen LogP contribution in [0.15, 0.2) is 42.5 Å². The van der Waals surface area contributed by atoms with E-state index in [1.165, 1.54) is 6.61 Å². The second-order valence-electron chi connectivity index (χ2n) is 2.91. The van der Waals surface area contributed by atoms with Crippen LogP contribution in [0.4, 0.5) is 0 Å². The van der Waals surface area contributed by atoms with Crippen molar-refractivity contribution in [3.63, 3.8) is 0 Å². The molecule has 0 fully saturated rings. The van der Waals surface area contributed by atoms with Gasteiger partial charge in [0, 0.05) is 12.0 Å². The summed E-state index contributed by atoms with van der Waals surface area (Å²) in [6.07, 6.45) is 0.535. The number of hydrogen-bond acceptors (Lipinski definition) is 2. The molecule has 0 N–H and O–H groups in total. The van der Waals surface area contributed by atoms with Crippen molar-refractivity contribution in [3.8, 4) is 0 Å². The van der Waals surface area contributed by atoms with E-state index in [0.29, 0.717) is 12.0 Å². The second kappa shape index (κ2) is 5.97. The molecule has 3 heteroatoms. The smallest absolute Gasteiger partial charge is 0.302 e. The average molecular weight is 456 g/mol. The van der Waals surface area contributed by atoms with E-state index in [2.05, 4.69) is 6.58 Å². The Bertz CT molecular complexity index is 320. The Morgan fingerprint density at radius 1 is 1.40 bits per heavy atom. The normalized spacial score (nSPS) is 8.87. The Labute approximate surface area is 84.2 Å². The standard InChI is InChI=1S/C12H13O2.Rf/c1-3-14-12(13)10(2)9-11-7-5-4-6-8-11;/h3-8H,2,9H2,1H3;/q-1;. The zero-order chi connectivity index (χ0) is 10.4. The molecule has 0 atom stereocenters. The molecule has 0 saturated carbocycles. The first-order valence-electron chi connectivity index (χ1n) is 4.44. The molecule has 0 aliphatic heterocycles. The molecular formula is C12H13O2Rf-. The van der Waals surface area contributed by atoms with Crippen molar-refractivity contribution < 1.29 is 9.53 Å². The van der Waals surface area contributed by atoms with Crippen LogP contribution in [-0.4, -0.2) is 5.97 Å². The first-order valence-corrected chi connectivity index (χ1v) is 4.44. The molecule has 0 amide bonds. The molecule has 1 rings (SSSR count). The van der Waals surface area contributed by atoms with Crippen molar-refractivity contribution in [2.24, 2.45) is 0 Å². The third kappa shape index (κ3) is 3.77. The van der Waals surface area contributed by atoms with E-state index < -0.39 is 0 Å². The molecule has 0 unspecified atom stereocenters. The van der Waals surface area contributed by atoms with Crippen LogP contribution in [0.25, 0.3) is 0 Å². The fourth-order valence-corrected chi connectivity index (χ4v) is 1.10. The molecule has 0 heterocycles. The van der Waals surface area contributed by atoms with Crippen molar-refractivity contribution in [2.75, 3.05) is 0 Å². The number of rotatable bonds is 4. The summed E-state index contributed by atoms with van der Waals surface area (Å²) < 4.78 is 4.71. The van der Waals surface area contributed by atoms with Crippen LogP contribution >= 0.6 is 0 Å². The predicted octanol–water partition coefficient (Wildman–Crippen LogP) is 2.51. The molecule has 15 heavy (non-hydrogen) atoms. The summed E-state index contributed by atoms with van der Waals surface area (Å²) in [6, 6.07) is 9.70. The SMILES string of the molecule is C=C(Cc1ccccc1)C(=O)O[CH-]C.[Rf]. The van der Waals surface area contributed by atoms with Gasteiger partial charge in [-0.2, -0.15) is 13.5 Å². The van der Waals surface area contributed by atoms with Gasteiger partial charge in [0.1, 0.15) is 0 Å². The molecule has 0 aliphatic carbocycles. The fourth-order valence-electron chi connectivity index (χ4n) is 1.10. The first kappa shape index (κ1) is 12.4. The average Bonchev–Trinajstić information content (AvgIpc) is 2.19. The monoisotopic (exact) mass is 456 g/mol. The van der Waals surface area contributed by atoms with Gasteiger partial charge in [0.2, 0.25) is 0 Å². The largest absolute Gasteiger partial charge is 0.634 e. The van der Waals surface area contributed by atoms with Gasteiger partial charge < -0.3 is 4.74 Å². The Morgan fingerprint density at radius 2 is 2.00 bits per heavy atom. The summed E-state index contributed by atoms with van der Waals surface area (Å²) in [5.41, 5.74) is 1.53. The van der Waals surface area contributed by atoms with Crippen LogP contribution in [0, 0.1) is 6.61 Å². The van der Waals surface area contributed by atoms with Gasteiger partial charge in [-0.25, -0.2) is 4.79 Å². The zero-order valence-electron chi connectivity index (χ0n) is 8.90. The second-order valence-corrected chi connectivity index (χ2v) is 2.91. The number of esters is 1. The molecule has 76 valence electrons. The number of carbonyl (C=O) groups is 1. The molecule has 2 nitrogen and oxygen atoms in total. The van der Waals surface area contributed by atoms with Gasteiger partial charge in [-0.3, -0.25) is 0 Å². The maximum atomic E-state index is 11.2. The number of hydrogen-bond donors (Lipinski definition) is 0. The van der Waals surface area contributed by atoms with Gasteiger partial charge in [-0.15, -0.1) is 0 Å². The van der Waals surface area contributed by atoms with Crippen LogP contribution < -0.4 is 0 Å². The molecule has 1 aromatic rings. The van der Waals surface area contributed by atoms with E-state index in [1.54, 1.807) is 6.92 Å². The Morgan fingerprint density at radius 3 is 2.53 bits per heavy atom. The van der Waals surface area contributed by atoms with Gasteiger partial charge in [0.25, 0.3) is 0 Å². The minimum absolute atomic E-state index is 0. The van der Waals surface area contributed by atoms with E-state index >= 15 is 0 Å². The molecule has 0 spiro atoms. The van der Waals surface area contributed by atoms with E-state index in [9.17, 15) is 4.79 Å². The molecule has 0 aromatic heterocycles. The number of benzene rings is 1. The molecular weight excluding hydrogens is 443 g/mol. The predicted molar refractivity (Wildman–Crippen MR) is 55.4 cm³/mol. The van der Waals surface area contributed by atoms with Gasteiger partial charge in [-0.05, 0) is 5.56 Å². The first-order chi connectivity index (χ1) is 6.74. The Balaban J connectivity index is 0.00000196. The van der Waals surface area contributed by atoms with Crippen molar-refractivity contribution in [3.05, 3.63) is 54.7 Å². The van der Waals surface area contributed by atoms with Gasteiger partial charge in [0.15, 0.2) is 0 Å². The summed E-state index contributed by atoms with van der Waals surface area (Å²) in [7, 11) is 0. The Kier molecular flexibility index (Phi) is 4.95. The van der Waals surface area contributed by atoms with E-state index in [1.807, 2.05) is 30.3 Å². The number of carbonyl (C=O) groups excluding carboxylic acids is 1. The topological polar surface area (TPSA) is 26.3 Å². The maximum absolute atomic E-state index is 11.2. The van der Waals surface area contributed by atoms with E-state index in [-0.39, 0.29) is 5.97 Å². The van der Waals surface area contributed by atoms with Crippen molar-refractivity contribution >= 4 is 5.97 Å². The van der Waals surface area contributed by atoms with Gasteiger partial charge in [-0.1, -0.05) is 36.9 Å². The summed E-state index contributed by atoms with van der Waals surface area (Å²) in [4.78, 5) is 11.2. The van der Waals surface area contributed by atoms with Crippen LogP contribution in [0.3, 0.4) is 0 Å². The number of ether oxygens (including phenoxy) is 1. The summed E-state index contributed by atoms with van der Waals surface area (Å²) in [5, 5.41) is 0. The van der Waals surface area contributed by atoms with Gasteiger partial charge in [0.05, 0.1) is 0 Å². The molecule has 0 radical (unpaired) electrons. The summed E-state index contributed by atoms with van der Waals surface area (Å²) >= 11 is 0. The third-order valence-corrected chi connectivity index (χ3v) is 1.77. The molecule has 0 bridgehead atoms. The van der Waals surface area contributed by atoms with Crippen LogP contribution in [0.1, 0.15) is 12.5 Å². The van der Waals surface area contributed by atoms with E-state index in [0.717, 1.165) is 5.56 Å². The molecule has 1 aromatic carbocycles. The molecule has 0 aliphatic rings. The van der Waals surface area contributed by atoms with Gasteiger partial charge >= 0.3 is 5.97 Å². The van der Waals surface area contributed by atoms with Crippen molar-refractivity contribution in [1.29, 1.82) is 0 Å². The minimum atomic E-state index is -0.364. The van der Waals surface area contributed by atoms with Crippen molar-refractivity contribution in [1.82, 2.24) is 0 Å². The fraction of sp³-hybridized carbons (Fsp3) is 0.167. The van der Waals surface area contributed by atoms with Crippen molar-refractivity contribution in [2.45, 2.75) is 13.3 Å². The third-order valence-electron chi connectivity index (χ3n) is 1.77. The summed E-state index contributed by atoms with van der Waals surface area (Å²) in [5.74, 6) is -0.364. The van der Waals surface area contributed by atoms with Crippen LogP contribution in [0.5, 0.6) is 0 Å². The van der Waals surface area contributed by atoms with E-state index in [4.69, 9.17) is 4.74 Å². The van der Waals surface area contributed by atoms with Crippen LogP contribution in [0.2, 0.25) is 0 Å². The minimum Gasteiger partial charge on any atom is -0.634 e. The van der Waals surface area contributed by atoms with Crippen LogP contribution in [-0.2, 0) is 16.0 Å². The maximum Gasteiger partial charge on any atom is 0.302 e. The zero-order valence-corrected chi connectivity index (χ0v) is 15.3. The summed E-state index contributed by atoms with van der Waals surface area (Å²) in [6.45, 7) is 6.69. The quantitative estimate of drug-likeness (QED) is 0.396. The Hall–Kier alpha value is -2.57. The molecule has 0 saturated heterocycles.